The summed E-state index contributed by atoms with van der Waals surface area (Å²) in [6, 6.07) is 2.23. The summed E-state index contributed by atoms with van der Waals surface area (Å²) in [7, 11) is 1.75. The molecule has 2 aliphatic carbocycles. The Hall–Kier alpha value is -0.540. The second-order valence-electron chi connectivity index (χ2n) is 6.26. The first-order valence-electron chi connectivity index (χ1n) is 7.12. The minimum absolute atomic E-state index is 0.110. The van der Waals surface area contributed by atoms with Crippen LogP contribution in [0.5, 0.6) is 5.75 Å². The van der Waals surface area contributed by atoms with Crippen LogP contribution in [0.1, 0.15) is 42.0 Å². The third-order valence-corrected chi connectivity index (χ3v) is 5.86. The molecule has 2 aliphatic rings. The lowest BCUT2D eigenvalue weighted by Gasteiger charge is -2.26. The first-order chi connectivity index (χ1) is 9.02. The zero-order valence-electron chi connectivity index (χ0n) is 11.9. The Balaban J connectivity index is 1.98. The SMILES string of the molecule is COc1c(C)cc(Br)c(C)c1C(N)C1CC2CC2C1. The molecule has 0 aromatic heterocycles. The topological polar surface area (TPSA) is 35.2 Å². The number of hydrogen-bond donors (Lipinski definition) is 1. The monoisotopic (exact) mass is 323 g/mol. The number of rotatable bonds is 3. The number of fused-ring (bicyclic) bond motifs is 1. The molecule has 0 heterocycles. The summed E-state index contributed by atoms with van der Waals surface area (Å²) in [5.74, 6) is 3.55. The van der Waals surface area contributed by atoms with E-state index in [-0.39, 0.29) is 6.04 Å². The first kappa shape index (κ1) is 13.4. The zero-order chi connectivity index (χ0) is 13.7. The average Bonchev–Trinajstić information content (AvgIpc) is 2.99. The van der Waals surface area contributed by atoms with E-state index in [1.54, 1.807) is 7.11 Å². The molecule has 104 valence electrons. The van der Waals surface area contributed by atoms with Crippen molar-refractivity contribution in [3.05, 3.63) is 27.2 Å². The second-order valence-corrected chi connectivity index (χ2v) is 7.11. The van der Waals surface area contributed by atoms with Crippen molar-refractivity contribution >= 4 is 15.9 Å². The predicted octanol–water partition coefficient (Wildman–Crippen LogP) is 4.12. The molecule has 2 fully saturated rings. The quantitative estimate of drug-likeness (QED) is 0.908. The number of aryl methyl sites for hydroxylation is 1. The molecule has 3 unspecified atom stereocenters. The predicted molar refractivity (Wildman–Crippen MR) is 81.4 cm³/mol. The standard InChI is InChI=1S/C16H22BrNO/c1-8-4-13(17)9(2)14(16(8)19-3)15(18)12-6-10-5-11(10)7-12/h4,10-12,15H,5-7,18H2,1-3H3. The van der Waals surface area contributed by atoms with Crippen LogP contribution in [0.25, 0.3) is 0 Å². The third kappa shape index (κ3) is 2.21. The van der Waals surface area contributed by atoms with Crippen molar-refractivity contribution in [2.45, 2.75) is 39.2 Å². The fourth-order valence-electron chi connectivity index (χ4n) is 3.84. The number of benzene rings is 1. The Morgan fingerprint density at radius 2 is 1.89 bits per heavy atom. The van der Waals surface area contributed by atoms with Gasteiger partial charge in [0, 0.05) is 16.1 Å². The van der Waals surface area contributed by atoms with Crippen LogP contribution in [0.15, 0.2) is 10.5 Å². The van der Waals surface area contributed by atoms with E-state index in [4.69, 9.17) is 10.5 Å². The molecule has 0 amide bonds. The van der Waals surface area contributed by atoms with Crippen molar-refractivity contribution < 1.29 is 4.74 Å². The summed E-state index contributed by atoms with van der Waals surface area (Å²) >= 11 is 3.65. The van der Waals surface area contributed by atoms with Gasteiger partial charge in [0.2, 0.25) is 0 Å². The number of nitrogens with two attached hydrogens (primary N) is 1. The van der Waals surface area contributed by atoms with E-state index >= 15 is 0 Å². The highest BCUT2D eigenvalue weighted by molar-refractivity contribution is 9.10. The number of methoxy groups -OCH3 is 1. The second kappa shape index (κ2) is 4.78. The fourth-order valence-corrected chi connectivity index (χ4v) is 4.40. The van der Waals surface area contributed by atoms with Gasteiger partial charge in [-0.25, -0.2) is 0 Å². The smallest absolute Gasteiger partial charge is 0.126 e. The normalized spacial score (nSPS) is 30.1. The fraction of sp³-hybridized carbons (Fsp3) is 0.625. The summed E-state index contributed by atoms with van der Waals surface area (Å²) in [5, 5.41) is 0. The molecule has 0 aliphatic heterocycles. The molecule has 2 saturated carbocycles. The number of ether oxygens (including phenoxy) is 1. The molecule has 1 aromatic carbocycles. The van der Waals surface area contributed by atoms with Crippen LogP contribution in [-0.4, -0.2) is 7.11 Å². The summed E-state index contributed by atoms with van der Waals surface area (Å²) in [5.41, 5.74) is 10.2. The molecule has 1 aromatic rings. The summed E-state index contributed by atoms with van der Waals surface area (Å²) in [6.45, 7) is 4.22. The van der Waals surface area contributed by atoms with Gasteiger partial charge >= 0.3 is 0 Å². The summed E-state index contributed by atoms with van der Waals surface area (Å²) in [4.78, 5) is 0. The molecule has 3 heteroatoms. The van der Waals surface area contributed by atoms with Gasteiger partial charge in [0.05, 0.1) is 7.11 Å². The molecular weight excluding hydrogens is 302 g/mol. The molecule has 19 heavy (non-hydrogen) atoms. The highest BCUT2D eigenvalue weighted by Crippen LogP contribution is 2.57. The van der Waals surface area contributed by atoms with Crippen molar-refractivity contribution in [2.75, 3.05) is 7.11 Å². The number of hydrogen-bond acceptors (Lipinski definition) is 2. The van der Waals surface area contributed by atoms with Crippen molar-refractivity contribution in [3.8, 4) is 5.75 Å². The van der Waals surface area contributed by atoms with Crippen LogP contribution in [0.3, 0.4) is 0 Å². The molecule has 2 nitrogen and oxygen atoms in total. The molecule has 0 saturated heterocycles. The van der Waals surface area contributed by atoms with Gasteiger partial charge in [0.15, 0.2) is 0 Å². The number of halogens is 1. The highest BCUT2D eigenvalue weighted by Gasteiger charge is 2.48. The van der Waals surface area contributed by atoms with Gasteiger partial charge in [-0.2, -0.15) is 0 Å². The van der Waals surface area contributed by atoms with Gasteiger partial charge in [0.25, 0.3) is 0 Å². The van der Waals surface area contributed by atoms with Gasteiger partial charge < -0.3 is 10.5 Å². The molecule has 0 bridgehead atoms. The zero-order valence-corrected chi connectivity index (χ0v) is 13.5. The van der Waals surface area contributed by atoms with Gasteiger partial charge in [-0.15, -0.1) is 0 Å². The Kier molecular flexibility index (Phi) is 3.38. The Bertz CT molecular complexity index is 504. The Labute approximate surface area is 123 Å². The van der Waals surface area contributed by atoms with Gasteiger partial charge in [-0.05, 0) is 68.1 Å². The van der Waals surface area contributed by atoms with Crippen LogP contribution >= 0.6 is 15.9 Å². The highest BCUT2D eigenvalue weighted by atomic mass is 79.9. The van der Waals surface area contributed by atoms with E-state index in [0.29, 0.717) is 5.92 Å². The van der Waals surface area contributed by atoms with Crippen LogP contribution in [0, 0.1) is 31.6 Å². The largest absolute Gasteiger partial charge is 0.496 e. The van der Waals surface area contributed by atoms with Crippen LogP contribution in [0.2, 0.25) is 0 Å². The van der Waals surface area contributed by atoms with Crippen LogP contribution in [0.4, 0.5) is 0 Å². The third-order valence-electron chi connectivity index (χ3n) is 5.03. The Morgan fingerprint density at radius 1 is 1.26 bits per heavy atom. The minimum atomic E-state index is 0.110. The van der Waals surface area contributed by atoms with Crippen LogP contribution < -0.4 is 10.5 Å². The molecule has 0 radical (unpaired) electrons. The van der Waals surface area contributed by atoms with E-state index in [0.717, 1.165) is 27.6 Å². The molecule has 2 N–H and O–H groups in total. The van der Waals surface area contributed by atoms with Gasteiger partial charge in [0.1, 0.15) is 5.75 Å². The van der Waals surface area contributed by atoms with E-state index < -0.39 is 0 Å². The molecule has 3 atom stereocenters. The van der Waals surface area contributed by atoms with Crippen molar-refractivity contribution in [3.63, 3.8) is 0 Å². The maximum Gasteiger partial charge on any atom is 0.126 e. The van der Waals surface area contributed by atoms with Crippen LogP contribution in [-0.2, 0) is 0 Å². The molecule has 3 rings (SSSR count). The Morgan fingerprint density at radius 3 is 2.47 bits per heavy atom. The van der Waals surface area contributed by atoms with E-state index in [1.807, 2.05) is 0 Å². The summed E-state index contributed by atoms with van der Waals surface area (Å²) in [6.07, 6.45) is 4.05. The molecular formula is C16H22BrNO. The summed E-state index contributed by atoms with van der Waals surface area (Å²) < 4.78 is 6.77. The van der Waals surface area contributed by atoms with E-state index in [1.165, 1.54) is 30.4 Å². The lowest BCUT2D eigenvalue weighted by Crippen LogP contribution is -2.22. The maximum atomic E-state index is 6.60. The average molecular weight is 324 g/mol. The van der Waals surface area contributed by atoms with Gasteiger partial charge in [-0.1, -0.05) is 15.9 Å². The maximum absolute atomic E-state index is 6.60. The lowest BCUT2D eigenvalue weighted by atomic mass is 9.86. The van der Waals surface area contributed by atoms with E-state index in [9.17, 15) is 0 Å². The lowest BCUT2D eigenvalue weighted by molar-refractivity contribution is 0.368. The van der Waals surface area contributed by atoms with E-state index in [2.05, 4.69) is 35.8 Å². The first-order valence-corrected chi connectivity index (χ1v) is 7.91. The van der Waals surface area contributed by atoms with Gasteiger partial charge in [-0.3, -0.25) is 0 Å². The van der Waals surface area contributed by atoms with Crippen molar-refractivity contribution in [1.82, 2.24) is 0 Å². The molecule has 0 spiro atoms. The minimum Gasteiger partial charge on any atom is -0.496 e. The van der Waals surface area contributed by atoms with Crippen molar-refractivity contribution in [1.29, 1.82) is 0 Å². The van der Waals surface area contributed by atoms with Crippen molar-refractivity contribution in [2.24, 2.45) is 23.5 Å².